The Morgan fingerprint density at radius 3 is 2.39 bits per heavy atom. The summed E-state index contributed by atoms with van der Waals surface area (Å²) in [7, 11) is 0. The minimum Gasteiger partial charge on any atom is -0.444 e. The first-order chi connectivity index (χ1) is 14.5. The van der Waals surface area contributed by atoms with Gasteiger partial charge in [0.1, 0.15) is 5.60 Å². The molecule has 0 radical (unpaired) electrons. The Morgan fingerprint density at radius 2 is 1.77 bits per heavy atom. The van der Waals surface area contributed by atoms with Crippen molar-refractivity contribution >= 4 is 35.2 Å². The number of halogens is 2. The van der Waals surface area contributed by atoms with Crippen molar-refractivity contribution in [2.24, 2.45) is 0 Å². The van der Waals surface area contributed by atoms with Gasteiger partial charge < -0.3 is 14.5 Å². The van der Waals surface area contributed by atoms with Crippen LogP contribution in [0.4, 0.5) is 4.79 Å². The second-order valence-corrected chi connectivity index (χ2v) is 10.3. The summed E-state index contributed by atoms with van der Waals surface area (Å²) < 4.78 is 5.59. The lowest BCUT2D eigenvalue weighted by Crippen LogP contribution is -2.63. The highest BCUT2D eigenvalue weighted by atomic mass is 35.5. The average Bonchev–Trinajstić information content (AvgIpc) is 3.23. The van der Waals surface area contributed by atoms with E-state index in [2.05, 4.69) is 11.8 Å². The van der Waals surface area contributed by atoms with Crippen LogP contribution in [-0.2, 0) is 16.0 Å². The first-order valence-corrected chi connectivity index (χ1v) is 11.8. The zero-order valence-electron chi connectivity index (χ0n) is 18.9. The van der Waals surface area contributed by atoms with Gasteiger partial charge in [0.15, 0.2) is 0 Å². The number of likely N-dealkylation sites (tertiary alicyclic amines) is 1. The standard InChI is InChI=1S/C23H33Cl2N3O3/c1-16(26-9-5-6-10-26)20-15-27(22(30)31-23(2,3)4)11-12-28(20)21(29)14-17-7-8-18(24)19(25)13-17/h7-8,13,16,20H,5-6,9-12,14-15H2,1-4H3/t16-,20?/m0/s1. The van der Waals surface area contributed by atoms with Crippen molar-refractivity contribution in [3.05, 3.63) is 33.8 Å². The van der Waals surface area contributed by atoms with Crippen LogP contribution in [0.3, 0.4) is 0 Å². The largest absolute Gasteiger partial charge is 0.444 e. The summed E-state index contributed by atoms with van der Waals surface area (Å²) in [6.45, 7) is 11.2. The Bertz CT molecular complexity index is 806. The highest BCUT2D eigenvalue weighted by Gasteiger charge is 2.39. The van der Waals surface area contributed by atoms with E-state index in [0.29, 0.717) is 29.7 Å². The summed E-state index contributed by atoms with van der Waals surface area (Å²) in [5, 5.41) is 0.924. The fourth-order valence-electron chi connectivity index (χ4n) is 4.34. The fourth-order valence-corrected chi connectivity index (χ4v) is 4.66. The number of hydrogen-bond donors (Lipinski definition) is 0. The van der Waals surface area contributed by atoms with Crippen LogP contribution in [0, 0.1) is 0 Å². The van der Waals surface area contributed by atoms with Crippen molar-refractivity contribution in [2.45, 2.75) is 64.6 Å². The van der Waals surface area contributed by atoms with E-state index in [-0.39, 0.29) is 30.5 Å². The summed E-state index contributed by atoms with van der Waals surface area (Å²) >= 11 is 12.1. The molecular formula is C23H33Cl2N3O3. The molecule has 0 N–H and O–H groups in total. The predicted octanol–water partition coefficient (Wildman–Crippen LogP) is 4.47. The Morgan fingerprint density at radius 1 is 1.10 bits per heavy atom. The molecule has 1 aromatic carbocycles. The molecule has 31 heavy (non-hydrogen) atoms. The van der Waals surface area contributed by atoms with Crippen LogP contribution in [0.1, 0.15) is 46.1 Å². The van der Waals surface area contributed by atoms with Crippen LogP contribution in [0.5, 0.6) is 0 Å². The number of piperazine rings is 1. The van der Waals surface area contributed by atoms with Gasteiger partial charge in [-0.3, -0.25) is 9.69 Å². The van der Waals surface area contributed by atoms with Gasteiger partial charge in [-0.25, -0.2) is 4.79 Å². The van der Waals surface area contributed by atoms with Crippen molar-refractivity contribution in [1.29, 1.82) is 0 Å². The quantitative estimate of drug-likeness (QED) is 0.652. The van der Waals surface area contributed by atoms with Gasteiger partial charge in [0.25, 0.3) is 0 Å². The topological polar surface area (TPSA) is 53.1 Å². The summed E-state index contributed by atoms with van der Waals surface area (Å²) in [4.78, 5) is 32.1. The predicted molar refractivity (Wildman–Crippen MR) is 124 cm³/mol. The number of hydrogen-bond acceptors (Lipinski definition) is 4. The van der Waals surface area contributed by atoms with Crippen molar-refractivity contribution in [3.63, 3.8) is 0 Å². The lowest BCUT2D eigenvalue weighted by atomic mass is 10.0. The monoisotopic (exact) mass is 469 g/mol. The van der Waals surface area contributed by atoms with Crippen LogP contribution >= 0.6 is 23.2 Å². The number of amides is 2. The molecule has 172 valence electrons. The van der Waals surface area contributed by atoms with Crippen molar-refractivity contribution in [2.75, 3.05) is 32.7 Å². The van der Waals surface area contributed by atoms with Gasteiger partial charge >= 0.3 is 6.09 Å². The molecule has 2 atom stereocenters. The fraction of sp³-hybridized carbons (Fsp3) is 0.652. The van der Waals surface area contributed by atoms with E-state index in [1.807, 2.05) is 31.7 Å². The van der Waals surface area contributed by atoms with Crippen LogP contribution in [0.15, 0.2) is 18.2 Å². The van der Waals surface area contributed by atoms with E-state index in [4.69, 9.17) is 27.9 Å². The molecule has 1 aromatic rings. The molecule has 1 unspecified atom stereocenters. The second-order valence-electron chi connectivity index (χ2n) is 9.49. The van der Waals surface area contributed by atoms with Crippen molar-refractivity contribution in [1.82, 2.24) is 14.7 Å². The Labute approximate surface area is 195 Å². The zero-order chi connectivity index (χ0) is 22.8. The third kappa shape index (κ3) is 6.27. The summed E-state index contributed by atoms with van der Waals surface area (Å²) in [6, 6.07) is 5.37. The molecule has 2 heterocycles. The molecule has 6 nitrogen and oxygen atoms in total. The average molecular weight is 470 g/mol. The van der Waals surface area contributed by atoms with Gasteiger partial charge in [-0.2, -0.15) is 0 Å². The van der Waals surface area contributed by atoms with Crippen LogP contribution < -0.4 is 0 Å². The Balaban J connectivity index is 1.76. The van der Waals surface area contributed by atoms with Gasteiger partial charge in [0, 0.05) is 25.7 Å². The first kappa shape index (κ1) is 24.1. The third-order valence-electron chi connectivity index (χ3n) is 6.00. The van der Waals surface area contributed by atoms with Gasteiger partial charge in [0.2, 0.25) is 5.91 Å². The van der Waals surface area contributed by atoms with Gasteiger partial charge in [-0.05, 0) is 71.3 Å². The zero-order valence-corrected chi connectivity index (χ0v) is 20.4. The lowest BCUT2D eigenvalue weighted by Gasteiger charge is -2.46. The van der Waals surface area contributed by atoms with Crippen LogP contribution in [0.25, 0.3) is 0 Å². The highest BCUT2D eigenvalue weighted by Crippen LogP contribution is 2.25. The number of nitrogens with zero attached hydrogens (tertiary/aromatic N) is 3. The first-order valence-electron chi connectivity index (χ1n) is 11.0. The van der Waals surface area contributed by atoms with Gasteiger partial charge in [-0.1, -0.05) is 29.3 Å². The maximum Gasteiger partial charge on any atom is 0.410 e. The minimum atomic E-state index is -0.548. The third-order valence-corrected chi connectivity index (χ3v) is 6.74. The molecule has 2 aliphatic heterocycles. The molecule has 0 spiro atoms. The molecule has 0 aromatic heterocycles. The summed E-state index contributed by atoms with van der Waals surface area (Å²) in [5.41, 5.74) is 0.287. The summed E-state index contributed by atoms with van der Waals surface area (Å²) in [6.07, 6.45) is 2.28. The molecule has 3 rings (SSSR count). The van der Waals surface area contributed by atoms with Crippen LogP contribution in [-0.4, -0.2) is 77.1 Å². The lowest BCUT2D eigenvalue weighted by molar-refractivity contribution is -0.137. The molecule has 2 fully saturated rings. The smallest absolute Gasteiger partial charge is 0.410 e. The van der Waals surface area contributed by atoms with E-state index >= 15 is 0 Å². The maximum atomic E-state index is 13.3. The second kappa shape index (κ2) is 9.97. The number of rotatable bonds is 4. The van der Waals surface area contributed by atoms with Crippen LogP contribution in [0.2, 0.25) is 10.0 Å². The van der Waals surface area contributed by atoms with Gasteiger partial charge in [-0.15, -0.1) is 0 Å². The number of benzene rings is 1. The van der Waals surface area contributed by atoms with E-state index < -0.39 is 5.60 Å². The number of carbonyl (C=O) groups is 2. The molecule has 0 bridgehead atoms. The molecule has 0 aliphatic carbocycles. The highest BCUT2D eigenvalue weighted by molar-refractivity contribution is 6.42. The van der Waals surface area contributed by atoms with E-state index in [1.54, 1.807) is 17.0 Å². The molecule has 2 amide bonds. The maximum absolute atomic E-state index is 13.3. The molecule has 2 aliphatic rings. The molecule has 0 saturated carbocycles. The molecule has 8 heteroatoms. The number of ether oxygens (including phenoxy) is 1. The SMILES string of the molecule is C[C@@H](C1CN(C(=O)OC(C)(C)C)CCN1C(=O)Cc1ccc(Cl)c(Cl)c1)N1CCCC1. The van der Waals surface area contributed by atoms with Gasteiger partial charge in [0.05, 0.1) is 22.5 Å². The van der Waals surface area contributed by atoms with E-state index in [1.165, 1.54) is 12.8 Å². The van der Waals surface area contributed by atoms with Crippen molar-refractivity contribution in [3.8, 4) is 0 Å². The molecular weight excluding hydrogens is 437 g/mol. The Hall–Kier alpha value is -1.50. The normalized spacial score (nSPS) is 21.3. The Kier molecular flexibility index (Phi) is 7.76. The van der Waals surface area contributed by atoms with E-state index in [9.17, 15) is 9.59 Å². The number of carbonyl (C=O) groups excluding carboxylic acids is 2. The molecule has 2 saturated heterocycles. The van der Waals surface area contributed by atoms with Crippen molar-refractivity contribution < 1.29 is 14.3 Å². The minimum absolute atomic E-state index is 0.0401. The van der Waals surface area contributed by atoms with E-state index in [0.717, 1.165) is 18.7 Å². The summed E-state index contributed by atoms with van der Waals surface area (Å²) in [5.74, 6) is 0.0401.